The van der Waals surface area contributed by atoms with Crippen molar-refractivity contribution in [3.05, 3.63) is 59.4 Å². The Labute approximate surface area is 163 Å². The molecule has 0 spiro atoms. The summed E-state index contributed by atoms with van der Waals surface area (Å²) in [5, 5.41) is 11.3. The van der Waals surface area contributed by atoms with Crippen molar-refractivity contribution in [1.29, 1.82) is 0 Å². The number of aliphatic hydroxyl groups excluding tert-OH is 1. The van der Waals surface area contributed by atoms with E-state index in [0.717, 1.165) is 28.6 Å². The summed E-state index contributed by atoms with van der Waals surface area (Å²) < 4.78 is 4.46. The summed E-state index contributed by atoms with van der Waals surface area (Å²) in [6, 6.07) is 11.0. The largest absolute Gasteiger partial charge is 0.493 e. The van der Waals surface area contributed by atoms with Crippen LogP contribution in [0.2, 0.25) is 0 Å². The zero-order chi connectivity index (χ0) is 19.4. The summed E-state index contributed by atoms with van der Waals surface area (Å²) in [5.74, 6) is 0.233. The second kappa shape index (κ2) is 8.14. The molecule has 1 saturated heterocycles. The normalized spacial score (nSPS) is 20.4. The molecule has 1 aliphatic rings. The first-order valence-electron chi connectivity index (χ1n) is 8.54. The van der Waals surface area contributed by atoms with E-state index >= 15 is 0 Å². The van der Waals surface area contributed by atoms with E-state index in [0.29, 0.717) is 18.8 Å². The van der Waals surface area contributed by atoms with Gasteiger partial charge in [-0.15, -0.1) is 0 Å². The minimum atomic E-state index is -1.26. The average molecular weight is 382 g/mol. The molecule has 3 rings (SSSR count). The third kappa shape index (κ3) is 4.90. The third-order valence-electron chi connectivity index (χ3n) is 4.22. The topological polar surface area (TPSA) is 88.5 Å². The number of ether oxygens (including phenoxy) is 1. The van der Waals surface area contributed by atoms with Gasteiger partial charge in [0.1, 0.15) is 13.6 Å². The molecule has 1 fully saturated rings. The molecule has 1 aromatic carbocycles. The van der Waals surface area contributed by atoms with Gasteiger partial charge in [-0.25, -0.2) is 0 Å². The Hall–Kier alpha value is -2.32. The number of aliphatic hydroxyl groups is 1. The number of amides is 2. The highest BCUT2D eigenvalue weighted by molar-refractivity contribution is 8.17. The molecule has 2 unspecified atom stereocenters. The molecule has 6 nitrogen and oxygen atoms in total. The number of hydrogen-bond donors (Lipinski definition) is 2. The van der Waals surface area contributed by atoms with Crippen LogP contribution in [-0.4, -0.2) is 40.3 Å². The number of aromatic nitrogens is 1. The molecule has 2 radical (unpaired) electrons. The maximum absolute atomic E-state index is 11.8. The number of benzene rings is 1. The van der Waals surface area contributed by atoms with E-state index in [-0.39, 0.29) is 6.42 Å². The van der Waals surface area contributed by atoms with Crippen molar-refractivity contribution in [1.82, 2.24) is 10.3 Å². The van der Waals surface area contributed by atoms with Gasteiger partial charge >= 0.3 is 0 Å². The third-order valence-corrected chi connectivity index (χ3v) is 5.20. The molecular weight excluding hydrogens is 363 g/mol. The van der Waals surface area contributed by atoms with Crippen molar-refractivity contribution in [3.8, 4) is 5.75 Å². The Balaban J connectivity index is 1.50. The van der Waals surface area contributed by atoms with Gasteiger partial charge in [0.25, 0.3) is 5.24 Å². The summed E-state index contributed by atoms with van der Waals surface area (Å²) in [4.78, 5) is 27.4. The fourth-order valence-electron chi connectivity index (χ4n) is 2.66. The molecule has 2 aromatic rings. The Bertz CT molecular complexity index is 827. The lowest BCUT2D eigenvalue weighted by molar-refractivity contribution is -0.119. The quantitative estimate of drug-likeness (QED) is 0.714. The standard InChI is InChI=1S/C19H19BN2O4S/c1-12(23)14-4-5-15(21-11-14)8-9-26-16-6-2-13(3-7-16)10-19(20)17(24)22-18(25)27-19/h2-7,11-12,23H,8-10H2,1H3,(H,22,24,25). The molecule has 138 valence electrons. The summed E-state index contributed by atoms with van der Waals surface area (Å²) in [7, 11) is 6.01. The zero-order valence-electron chi connectivity index (χ0n) is 14.8. The van der Waals surface area contributed by atoms with Crippen molar-refractivity contribution in [3.63, 3.8) is 0 Å². The molecule has 1 aliphatic heterocycles. The van der Waals surface area contributed by atoms with Gasteiger partial charge < -0.3 is 9.84 Å². The van der Waals surface area contributed by atoms with Crippen LogP contribution in [0.4, 0.5) is 4.79 Å². The minimum Gasteiger partial charge on any atom is -0.493 e. The van der Waals surface area contributed by atoms with E-state index in [2.05, 4.69) is 10.3 Å². The Morgan fingerprint density at radius 2 is 2.00 bits per heavy atom. The molecule has 2 heterocycles. The van der Waals surface area contributed by atoms with Gasteiger partial charge in [-0.3, -0.25) is 19.9 Å². The molecule has 0 saturated carbocycles. The lowest BCUT2D eigenvalue weighted by atomic mass is 9.80. The first kappa shape index (κ1) is 19.4. The van der Waals surface area contributed by atoms with Crippen molar-refractivity contribution in [2.75, 3.05) is 6.61 Å². The lowest BCUT2D eigenvalue weighted by Gasteiger charge is -2.18. The highest BCUT2D eigenvalue weighted by Crippen LogP contribution is 2.32. The Morgan fingerprint density at radius 1 is 1.26 bits per heavy atom. The maximum Gasteiger partial charge on any atom is 0.285 e. The van der Waals surface area contributed by atoms with E-state index in [1.807, 2.05) is 36.4 Å². The predicted molar refractivity (Wildman–Crippen MR) is 104 cm³/mol. The van der Waals surface area contributed by atoms with Crippen LogP contribution in [0, 0.1) is 0 Å². The van der Waals surface area contributed by atoms with Crippen LogP contribution in [0.3, 0.4) is 0 Å². The maximum atomic E-state index is 11.8. The monoisotopic (exact) mass is 382 g/mol. The summed E-state index contributed by atoms with van der Waals surface area (Å²) >= 11 is 0.814. The van der Waals surface area contributed by atoms with Gasteiger partial charge in [0.15, 0.2) is 0 Å². The van der Waals surface area contributed by atoms with Crippen molar-refractivity contribution in [2.24, 2.45) is 0 Å². The van der Waals surface area contributed by atoms with E-state index in [1.165, 1.54) is 0 Å². The number of nitrogens with one attached hydrogen (secondary N) is 1. The molecule has 0 bridgehead atoms. The van der Waals surface area contributed by atoms with Crippen LogP contribution in [0.1, 0.15) is 29.8 Å². The molecule has 2 amide bonds. The van der Waals surface area contributed by atoms with E-state index in [4.69, 9.17) is 12.6 Å². The smallest absolute Gasteiger partial charge is 0.285 e. The van der Waals surface area contributed by atoms with Gasteiger partial charge in [0.2, 0.25) is 5.91 Å². The summed E-state index contributed by atoms with van der Waals surface area (Å²) in [5.41, 5.74) is 2.51. The van der Waals surface area contributed by atoms with E-state index in [9.17, 15) is 14.7 Å². The summed E-state index contributed by atoms with van der Waals surface area (Å²) in [6.45, 7) is 2.17. The highest BCUT2D eigenvalue weighted by Gasteiger charge is 2.42. The average Bonchev–Trinajstić information content (AvgIpc) is 2.88. The number of pyridine rings is 1. The van der Waals surface area contributed by atoms with E-state index in [1.54, 1.807) is 13.1 Å². The van der Waals surface area contributed by atoms with Gasteiger partial charge in [0, 0.05) is 18.3 Å². The minimum absolute atomic E-state index is 0.259. The van der Waals surface area contributed by atoms with Crippen LogP contribution >= 0.6 is 11.8 Å². The Morgan fingerprint density at radius 3 is 2.56 bits per heavy atom. The van der Waals surface area contributed by atoms with Crippen molar-refractivity contribution >= 4 is 30.8 Å². The number of imide groups is 1. The first-order chi connectivity index (χ1) is 12.9. The molecule has 1 aromatic heterocycles. The van der Waals surface area contributed by atoms with Crippen molar-refractivity contribution < 1.29 is 19.4 Å². The lowest BCUT2D eigenvalue weighted by Crippen LogP contribution is -2.38. The van der Waals surface area contributed by atoms with E-state index < -0.39 is 21.9 Å². The predicted octanol–water partition coefficient (Wildman–Crippen LogP) is 2.15. The van der Waals surface area contributed by atoms with Crippen LogP contribution < -0.4 is 10.1 Å². The van der Waals surface area contributed by atoms with Crippen LogP contribution in [-0.2, 0) is 17.6 Å². The first-order valence-corrected chi connectivity index (χ1v) is 9.35. The van der Waals surface area contributed by atoms with Gasteiger partial charge in [-0.2, -0.15) is 0 Å². The molecule has 27 heavy (non-hydrogen) atoms. The molecule has 2 atom stereocenters. The second-order valence-electron chi connectivity index (χ2n) is 6.41. The number of nitrogens with zero attached hydrogens (tertiary/aromatic N) is 1. The molecule has 8 heteroatoms. The number of rotatable bonds is 7. The number of thioether (sulfide) groups is 1. The molecule has 0 aliphatic carbocycles. The zero-order valence-corrected chi connectivity index (χ0v) is 15.7. The second-order valence-corrected chi connectivity index (χ2v) is 7.71. The van der Waals surface area contributed by atoms with Gasteiger partial charge in [-0.1, -0.05) is 30.0 Å². The van der Waals surface area contributed by atoms with Crippen LogP contribution in [0.25, 0.3) is 0 Å². The molecule has 2 N–H and O–H groups in total. The van der Waals surface area contributed by atoms with Crippen LogP contribution in [0.15, 0.2) is 42.6 Å². The van der Waals surface area contributed by atoms with Gasteiger partial charge in [-0.05, 0) is 42.7 Å². The van der Waals surface area contributed by atoms with Crippen LogP contribution in [0.5, 0.6) is 5.75 Å². The fourth-order valence-corrected chi connectivity index (χ4v) is 3.52. The van der Waals surface area contributed by atoms with Crippen molar-refractivity contribution in [2.45, 2.75) is 30.5 Å². The number of carbonyl (C=O) groups excluding carboxylic acids is 2. The molecular formula is C19H19BN2O4S. The SMILES string of the molecule is [B]C1(Cc2ccc(OCCc3ccc(C(C)O)cn3)cc2)SC(=O)NC1=O. The Kier molecular flexibility index (Phi) is 5.87. The van der Waals surface area contributed by atoms with Gasteiger partial charge in [0.05, 0.1) is 17.4 Å². The summed E-state index contributed by atoms with van der Waals surface area (Å²) in [6.07, 6.45) is 2.04. The fraction of sp³-hybridized carbons (Fsp3) is 0.316. The number of carbonyl (C=O) groups is 2. The highest BCUT2D eigenvalue weighted by atomic mass is 32.2. The number of hydrogen-bond acceptors (Lipinski definition) is 6.